The fraction of sp³-hybridized carbons (Fsp3) is 0.444. The predicted octanol–water partition coefficient (Wildman–Crippen LogP) is 5.43. The minimum absolute atomic E-state index is 0.0588. The molecule has 9 heteroatoms. The van der Waals surface area contributed by atoms with Crippen molar-refractivity contribution in [3.8, 4) is 0 Å². The number of rotatable bonds is 8. The van der Waals surface area contributed by atoms with Crippen LogP contribution in [0.4, 0.5) is 19.3 Å². The number of anilines is 1. The number of carboxylic acid groups (broad SMARTS) is 1. The molecule has 3 atom stereocenters. The van der Waals surface area contributed by atoms with E-state index in [0.717, 1.165) is 12.8 Å². The molecule has 36 heavy (non-hydrogen) atoms. The van der Waals surface area contributed by atoms with Gasteiger partial charge in [0.15, 0.2) is 0 Å². The lowest BCUT2D eigenvalue weighted by molar-refractivity contribution is -0.142. The Bertz CT molecular complexity index is 1120. The Labute approximate surface area is 208 Å². The molecule has 2 amide bonds. The lowest BCUT2D eigenvalue weighted by Crippen LogP contribution is -2.52. The molecule has 1 fully saturated rings. The number of hydrogen-bond acceptors (Lipinski definition) is 4. The largest absolute Gasteiger partial charge is 0.481 e. The van der Waals surface area contributed by atoms with Gasteiger partial charge < -0.3 is 14.7 Å². The zero-order valence-electron chi connectivity index (χ0n) is 20.2. The number of fused-ring (bicyclic) bond motifs is 2. The summed E-state index contributed by atoms with van der Waals surface area (Å²) < 4.78 is 33.2. The van der Waals surface area contributed by atoms with E-state index >= 15 is 0 Å². The lowest BCUT2D eigenvalue weighted by atomic mass is 9.81. The van der Waals surface area contributed by atoms with Gasteiger partial charge in [-0.05, 0) is 54.7 Å². The number of nitrogens with zero attached hydrogens (tertiary/aromatic N) is 2. The Morgan fingerprint density at radius 2 is 1.78 bits per heavy atom. The summed E-state index contributed by atoms with van der Waals surface area (Å²) in [5, 5.41) is 9.08. The Morgan fingerprint density at radius 1 is 1.06 bits per heavy atom. The number of halogens is 2. The third-order valence-corrected chi connectivity index (χ3v) is 6.99. The van der Waals surface area contributed by atoms with E-state index in [1.54, 1.807) is 11.0 Å². The molecule has 0 spiro atoms. The van der Waals surface area contributed by atoms with Crippen LogP contribution in [0.25, 0.3) is 0 Å². The van der Waals surface area contributed by atoms with Crippen molar-refractivity contribution in [3.63, 3.8) is 0 Å². The van der Waals surface area contributed by atoms with Crippen LogP contribution in [0.2, 0.25) is 0 Å². The molecule has 0 radical (unpaired) electrons. The van der Waals surface area contributed by atoms with Crippen molar-refractivity contribution < 1.29 is 33.0 Å². The summed E-state index contributed by atoms with van der Waals surface area (Å²) in [7, 11) is 0. The molecule has 2 aromatic carbocycles. The van der Waals surface area contributed by atoms with Crippen LogP contribution in [0.15, 0.2) is 42.5 Å². The van der Waals surface area contributed by atoms with Crippen molar-refractivity contribution in [1.82, 2.24) is 4.90 Å². The van der Waals surface area contributed by atoms with E-state index in [1.165, 1.54) is 41.3 Å². The van der Waals surface area contributed by atoms with Gasteiger partial charge in [0, 0.05) is 24.9 Å². The number of benzene rings is 2. The van der Waals surface area contributed by atoms with Crippen molar-refractivity contribution >= 4 is 23.7 Å². The molecule has 1 heterocycles. The van der Waals surface area contributed by atoms with Crippen LogP contribution in [-0.2, 0) is 20.9 Å². The number of aliphatic carboxylic acids is 1. The average Bonchev–Trinajstić information content (AvgIpc) is 3.33. The molecule has 4 rings (SSSR count). The van der Waals surface area contributed by atoms with Gasteiger partial charge in [-0.25, -0.2) is 13.6 Å². The van der Waals surface area contributed by atoms with E-state index in [9.17, 15) is 23.2 Å². The molecule has 0 aromatic heterocycles. The van der Waals surface area contributed by atoms with E-state index < -0.39 is 23.9 Å². The summed E-state index contributed by atoms with van der Waals surface area (Å²) in [5.74, 6) is -2.31. The van der Waals surface area contributed by atoms with Gasteiger partial charge in [0.25, 0.3) is 0 Å². The van der Waals surface area contributed by atoms with Gasteiger partial charge >= 0.3 is 12.1 Å². The van der Waals surface area contributed by atoms with Crippen LogP contribution in [0.5, 0.6) is 0 Å². The van der Waals surface area contributed by atoms with Crippen LogP contribution in [0.1, 0.15) is 62.6 Å². The van der Waals surface area contributed by atoms with Gasteiger partial charge in [-0.1, -0.05) is 31.5 Å². The number of carbonyl (C=O) groups excluding carboxylic acids is 2. The van der Waals surface area contributed by atoms with Crippen LogP contribution in [0.3, 0.4) is 0 Å². The van der Waals surface area contributed by atoms with Crippen molar-refractivity contribution in [3.05, 3.63) is 65.2 Å². The molecule has 3 unspecified atom stereocenters. The molecule has 1 saturated carbocycles. The van der Waals surface area contributed by atoms with Crippen LogP contribution < -0.4 is 4.90 Å². The molecule has 7 nitrogen and oxygen atoms in total. The second kappa shape index (κ2) is 11.1. The quantitative estimate of drug-likeness (QED) is 0.522. The number of carbonyl (C=O) groups is 3. The minimum atomic E-state index is -1.04. The first-order valence-corrected chi connectivity index (χ1v) is 12.3. The molecular weight excluding hydrogens is 470 g/mol. The van der Waals surface area contributed by atoms with Gasteiger partial charge in [0.05, 0.1) is 18.2 Å². The highest BCUT2D eigenvalue weighted by atomic mass is 19.1. The molecule has 0 bridgehead atoms. The Balaban J connectivity index is 1.67. The van der Waals surface area contributed by atoms with E-state index in [4.69, 9.17) is 9.84 Å². The second-order valence-electron chi connectivity index (χ2n) is 9.34. The maximum Gasteiger partial charge on any atom is 0.414 e. The monoisotopic (exact) mass is 500 g/mol. The lowest BCUT2D eigenvalue weighted by Gasteiger charge is -2.47. The third-order valence-electron chi connectivity index (χ3n) is 6.99. The van der Waals surface area contributed by atoms with E-state index in [0.29, 0.717) is 36.2 Å². The summed E-state index contributed by atoms with van der Waals surface area (Å²) in [5.41, 5.74) is 1.63. The predicted molar refractivity (Wildman–Crippen MR) is 128 cm³/mol. The van der Waals surface area contributed by atoms with Gasteiger partial charge in [-0.2, -0.15) is 0 Å². The van der Waals surface area contributed by atoms with Crippen LogP contribution in [-0.4, -0.2) is 40.6 Å². The standard InChI is InChI=1S/C27H30F2N2O5/c1-2-14-30(24(32)12-13-25(33)34)26-20-4-3-5-22(20)31(23-15-19(29)10-11-21(23)26)27(35)36-16-17-6-8-18(28)9-7-17/h6-11,15,20,22,26H,2-5,12-14,16H2,1H3,(H,33,34). The van der Waals surface area contributed by atoms with E-state index in [1.807, 2.05) is 6.92 Å². The number of ether oxygens (including phenoxy) is 1. The van der Waals surface area contributed by atoms with Crippen LogP contribution >= 0.6 is 0 Å². The maximum absolute atomic E-state index is 14.4. The topological polar surface area (TPSA) is 87.2 Å². The highest BCUT2D eigenvalue weighted by molar-refractivity contribution is 5.91. The fourth-order valence-corrected chi connectivity index (χ4v) is 5.49. The van der Waals surface area contributed by atoms with Gasteiger partial charge in [0.1, 0.15) is 18.2 Å². The number of amides is 2. The molecule has 1 N–H and O–H groups in total. The summed E-state index contributed by atoms with van der Waals surface area (Å²) in [6, 6.07) is 9.17. The van der Waals surface area contributed by atoms with Gasteiger partial charge in [0.2, 0.25) is 5.91 Å². The Hall–Kier alpha value is -3.49. The first-order valence-electron chi connectivity index (χ1n) is 12.3. The summed E-state index contributed by atoms with van der Waals surface area (Å²) in [6.45, 7) is 2.31. The summed E-state index contributed by atoms with van der Waals surface area (Å²) >= 11 is 0. The highest BCUT2D eigenvalue weighted by Gasteiger charge is 2.49. The maximum atomic E-state index is 14.4. The minimum Gasteiger partial charge on any atom is -0.481 e. The van der Waals surface area contributed by atoms with Crippen molar-refractivity contribution in [2.75, 3.05) is 11.4 Å². The number of hydrogen-bond donors (Lipinski definition) is 1. The second-order valence-corrected chi connectivity index (χ2v) is 9.34. The smallest absolute Gasteiger partial charge is 0.414 e. The number of carboxylic acids is 1. The molecule has 2 aromatic rings. The Morgan fingerprint density at radius 3 is 2.47 bits per heavy atom. The first kappa shape index (κ1) is 25.6. The first-order chi connectivity index (χ1) is 17.3. The summed E-state index contributed by atoms with van der Waals surface area (Å²) in [4.78, 5) is 40.8. The van der Waals surface area contributed by atoms with Crippen LogP contribution in [0, 0.1) is 17.6 Å². The summed E-state index contributed by atoms with van der Waals surface area (Å²) in [6.07, 6.45) is 1.92. The van der Waals surface area contributed by atoms with Gasteiger partial charge in [-0.15, -0.1) is 0 Å². The molecular formula is C27H30F2N2O5. The van der Waals surface area contributed by atoms with Crippen molar-refractivity contribution in [2.24, 2.45) is 5.92 Å². The van der Waals surface area contributed by atoms with E-state index in [2.05, 4.69) is 0 Å². The molecule has 1 aliphatic heterocycles. The fourth-order valence-electron chi connectivity index (χ4n) is 5.49. The third kappa shape index (κ3) is 5.34. The van der Waals surface area contributed by atoms with E-state index in [-0.39, 0.29) is 43.1 Å². The molecule has 2 aliphatic rings. The molecule has 192 valence electrons. The van der Waals surface area contributed by atoms with Crippen molar-refractivity contribution in [2.45, 2.75) is 64.1 Å². The average molecular weight is 501 g/mol. The Kier molecular flexibility index (Phi) is 7.86. The SMILES string of the molecule is CCCN(C(=O)CCC(=O)O)C1c2ccc(F)cc2N(C(=O)OCc2ccc(F)cc2)C2CCCC12. The normalized spacial score (nSPS) is 20.4. The highest BCUT2D eigenvalue weighted by Crippen LogP contribution is 2.50. The molecule has 0 saturated heterocycles. The van der Waals surface area contributed by atoms with Crippen molar-refractivity contribution in [1.29, 1.82) is 0 Å². The molecule has 1 aliphatic carbocycles. The zero-order chi connectivity index (χ0) is 25.8. The zero-order valence-corrected chi connectivity index (χ0v) is 20.2. The van der Waals surface area contributed by atoms with Gasteiger partial charge in [-0.3, -0.25) is 14.5 Å².